The van der Waals surface area contributed by atoms with Crippen molar-refractivity contribution in [1.82, 2.24) is 0 Å². The summed E-state index contributed by atoms with van der Waals surface area (Å²) in [5.74, 6) is 0. The molecule has 0 saturated carbocycles. The van der Waals surface area contributed by atoms with Crippen molar-refractivity contribution in [1.29, 1.82) is 5.26 Å². The Balaban J connectivity index is 2.21. The van der Waals surface area contributed by atoms with Gasteiger partial charge in [-0.1, -0.05) is 35.8 Å². The predicted octanol–water partition coefficient (Wildman–Crippen LogP) is 4.73. The van der Waals surface area contributed by atoms with Crippen molar-refractivity contribution in [2.45, 2.75) is 29.1 Å². The molecule has 0 aromatic heterocycles. The average Bonchev–Trinajstić information content (AvgIpc) is 2.60. The number of benzene rings is 2. The molecule has 2 aromatic rings. The van der Waals surface area contributed by atoms with Gasteiger partial charge < -0.3 is 0 Å². The van der Waals surface area contributed by atoms with E-state index in [4.69, 9.17) is 4.18 Å². The average molecular weight is 440 g/mol. The summed E-state index contributed by atoms with van der Waals surface area (Å²) in [7, 11) is -3.84. The molecule has 0 unspecified atom stereocenters. The zero-order valence-electron chi connectivity index (χ0n) is 14.1. The van der Waals surface area contributed by atoms with Crippen molar-refractivity contribution >= 4 is 37.8 Å². The molecule has 25 heavy (non-hydrogen) atoms. The lowest BCUT2D eigenvalue weighted by molar-refractivity contribution is 0.245. The van der Waals surface area contributed by atoms with Crippen molar-refractivity contribution in [3.05, 3.63) is 58.1 Å². The van der Waals surface area contributed by atoms with E-state index in [0.29, 0.717) is 5.56 Å². The van der Waals surface area contributed by atoms with Crippen LogP contribution in [0.1, 0.15) is 25.0 Å². The molecule has 0 heterocycles. The molecular weight excluding hydrogens is 422 g/mol. The Hall–Kier alpha value is -1.33. The quantitative estimate of drug-likeness (QED) is 0.480. The van der Waals surface area contributed by atoms with Crippen molar-refractivity contribution in [2.24, 2.45) is 0 Å². The van der Waals surface area contributed by atoms with E-state index in [1.165, 1.54) is 23.9 Å². The summed E-state index contributed by atoms with van der Waals surface area (Å²) >= 11 is 4.78. The SMILES string of the molecule is CSc1ccc(C(C)(C)COS(=O)(=O)c2ccc(Br)cc2)cc1C#N. The number of nitriles is 1. The molecule has 0 atom stereocenters. The highest BCUT2D eigenvalue weighted by Gasteiger charge is 2.26. The van der Waals surface area contributed by atoms with Gasteiger partial charge in [0, 0.05) is 14.8 Å². The number of thioether (sulfide) groups is 1. The van der Waals surface area contributed by atoms with E-state index < -0.39 is 15.5 Å². The van der Waals surface area contributed by atoms with Gasteiger partial charge in [-0.05, 0) is 48.2 Å². The minimum Gasteiger partial charge on any atom is -0.265 e. The van der Waals surface area contributed by atoms with E-state index in [2.05, 4.69) is 22.0 Å². The van der Waals surface area contributed by atoms with Crippen molar-refractivity contribution in [2.75, 3.05) is 12.9 Å². The maximum Gasteiger partial charge on any atom is 0.297 e. The van der Waals surface area contributed by atoms with Gasteiger partial charge in [-0.3, -0.25) is 4.18 Å². The monoisotopic (exact) mass is 439 g/mol. The third-order valence-corrected chi connectivity index (χ3v) is 6.38. The minimum absolute atomic E-state index is 0.0190. The predicted molar refractivity (Wildman–Crippen MR) is 103 cm³/mol. The number of nitrogens with zero attached hydrogens (tertiary/aromatic N) is 1. The standard InChI is InChI=1S/C18H18BrNO3S2/c1-18(2,14-4-9-17(24-3)13(10-14)11-20)12-23-25(21,22)16-7-5-15(19)6-8-16/h4-10H,12H2,1-3H3. The first kappa shape index (κ1) is 20.0. The van der Waals surface area contributed by atoms with Gasteiger partial charge in [0.05, 0.1) is 17.1 Å². The number of rotatable bonds is 6. The van der Waals surface area contributed by atoms with Gasteiger partial charge in [0.2, 0.25) is 0 Å². The van der Waals surface area contributed by atoms with E-state index in [-0.39, 0.29) is 11.5 Å². The first-order chi connectivity index (χ1) is 11.7. The van der Waals surface area contributed by atoms with Crippen LogP contribution >= 0.6 is 27.7 Å². The van der Waals surface area contributed by atoms with Gasteiger partial charge in [-0.15, -0.1) is 11.8 Å². The molecule has 0 aliphatic carbocycles. The van der Waals surface area contributed by atoms with Gasteiger partial charge in [0.25, 0.3) is 10.1 Å². The third kappa shape index (κ3) is 4.85. The molecule has 0 fully saturated rings. The molecule has 0 radical (unpaired) electrons. The van der Waals surface area contributed by atoms with E-state index in [1.807, 2.05) is 32.2 Å². The van der Waals surface area contributed by atoms with Crippen LogP contribution in [0, 0.1) is 11.3 Å². The van der Waals surface area contributed by atoms with Gasteiger partial charge >= 0.3 is 0 Å². The highest BCUT2D eigenvalue weighted by Crippen LogP contribution is 2.30. The van der Waals surface area contributed by atoms with Crippen molar-refractivity contribution in [3.63, 3.8) is 0 Å². The van der Waals surface area contributed by atoms with Crippen LogP contribution in [-0.2, 0) is 19.7 Å². The molecule has 0 saturated heterocycles. The van der Waals surface area contributed by atoms with E-state index >= 15 is 0 Å². The van der Waals surface area contributed by atoms with E-state index in [9.17, 15) is 13.7 Å². The lowest BCUT2D eigenvalue weighted by Crippen LogP contribution is -2.26. The molecule has 2 aromatic carbocycles. The first-order valence-corrected chi connectivity index (χ1v) is 10.9. The number of hydrogen-bond acceptors (Lipinski definition) is 5. The second kappa shape index (κ2) is 7.92. The number of hydrogen-bond donors (Lipinski definition) is 0. The Kier molecular flexibility index (Phi) is 6.33. The molecule has 0 aliphatic rings. The van der Waals surface area contributed by atoms with Gasteiger partial charge in [0.1, 0.15) is 6.07 Å². The van der Waals surface area contributed by atoms with Crippen LogP contribution in [0.3, 0.4) is 0 Å². The summed E-state index contributed by atoms with van der Waals surface area (Å²) < 4.78 is 30.8. The van der Waals surface area contributed by atoms with Crippen LogP contribution in [0.15, 0.2) is 56.7 Å². The van der Waals surface area contributed by atoms with Crippen molar-refractivity contribution in [3.8, 4) is 6.07 Å². The smallest absolute Gasteiger partial charge is 0.265 e. The largest absolute Gasteiger partial charge is 0.297 e. The Bertz CT molecular complexity index is 901. The van der Waals surface area contributed by atoms with Crippen LogP contribution in [0.2, 0.25) is 0 Å². The Morgan fingerprint density at radius 3 is 2.40 bits per heavy atom. The van der Waals surface area contributed by atoms with Crippen LogP contribution in [0.25, 0.3) is 0 Å². The maximum absolute atomic E-state index is 12.4. The summed E-state index contributed by atoms with van der Waals surface area (Å²) in [6, 6.07) is 14.1. The Labute approximate surface area is 161 Å². The zero-order chi connectivity index (χ0) is 18.7. The van der Waals surface area contributed by atoms with Crippen LogP contribution in [-0.4, -0.2) is 21.3 Å². The normalized spacial score (nSPS) is 12.0. The fourth-order valence-electron chi connectivity index (χ4n) is 2.19. The summed E-state index contributed by atoms with van der Waals surface area (Å²) in [5, 5.41) is 9.28. The second-order valence-electron chi connectivity index (χ2n) is 6.08. The first-order valence-electron chi connectivity index (χ1n) is 7.43. The molecule has 0 amide bonds. The summed E-state index contributed by atoms with van der Waals surface area (Å²) in [6.45, 7) is 3.76. The highest BCUT2D eigenvalue weighted by molar-refractivity contribution is 9.10. The highest BCUT2D eigenvalue weighted by atomic mass is 79.9. The fourth-order valence-corrected chi connectivity index (χ4v) is 4.04. The van der Waals surface area contributed by atoms with Crippen LogP contribution < -0.4 is 0 Å². The van der Waals surface area contributed by atoms with Crippen LogP contribution in [0.5, 0.6) is 0 Å². The molecule has 0 spiro atoms. The molecule has 132 valence electrons. The summed E-state index contributed by atoms with van der Waals surface area (Å²) in [5.41, 5.74) is 0.868. The third-order valence-electron chi connectivity index (χ3n) is 3.78. The molecule has 0 aliphatic heterocycles. The van der Waals surface area contributed by atoms with Gasteiger partial charge in [0.15, 0.2) is 0 Å². The summed E-state index contributed by atoms with van der Waals surface area (Å²) in [4.78, 5) is 1.01. The zero-order valence-corrected chi connectivity index (χ0v) is 17.3. The lowest BCUT2D eigenvalue weighted by Gasteiger charge is -2.25. The van der Waals surface area contributed by atoms with Crippen molar-refractivity contribution < 1.29 is 12.6 Å². The Morgan fingerprint density at radius 2 is 1.84 bits per heavy atom. The Morgan fingerprint density at radius 1 is 1.20 bits per heavy atom. The minimum atomic E-state index is -3.84. The number of halogens is 1. The topological polar surface area (TPSA) is 67.2 Å². The summed E-state index contributed by atoms with van der Waals surface area (Å²) in [6.07, 6.45) is 1.91. The lowest BCUT2D eigenvalue weighted by atomic mass is 9.85. The molecule has 7 heteroatoms. The van der Waals surface area contributed by atoms with Crippen LogP contribution in [0.4, 0.5) is 0 Å². The van der Waals surface area contributed by atoms with E-state index in [0.717, 1.165) is 14.9 Å². The van der Waals surface area contributed by atoms with Gasteiger partial charge in [-0.25, -0.2) is 0 Å². The molecule has 4 nitrogen and oxygen atoms in total. The second-order valence-corrected chi connectivity index (χ2v) is 9.46. The molecule has 2 rings (SSSR count). The molecule has 0 bridgehead atoms. The molecule has 0 N–H and O–H groups in total. The maximum atomic E-state index is 12.4. The van der Waals surface area contributed by atoms with E-state index in [1.54, 1.807) is 18.2 Å². The fraction of sp³-hybridized carbons (Fsp3) is 0.278. The van der Waals surface area contributed by atoms with Gasteiger partial charge in [-0.2, -0.15) is 13.7 Å². The molecular formula is C18H18BrNO3S2.